The molecular formula is C26H28N4O2S. The Morgan fingerprint density at radius 2 is 1.79 bits per heavy atom. The summed E-state index contributed by atoms with van der Waals surface area (Å²) < 4.78 is 1.57. The lowest BCUT2D eigenvalue weighted by Crippen LogP contribution is -2.26. The molecule has 2 aromatic carbocycles. The Bertz CT molecular complexity index is 1340. The van der Waals surface area contributed by atoms with E-state index >= 15 is 0 Å². The van der Waals surface area contributed by atoms with Crippen LogP contribution in [0.1, 0.15) is 42.1 Å². The van der Waals surface area contributed by atoms with Crippen LogP contribution in [0.4, 0.5) is 0 Å². The molecule has 0 radical (unpaired) electrons. The molecule has 2 aromatic heterocycles. The van der Waals surface area contributed by atoms with Crippen molar-refractivity contribution < 1.29 is 4.79 Å². The van der Waals surface area contributed by atoms with Gasteiger partial charge in [-0.25, -0.2) is 4.98 Å². The van der Waals surface area contributed by atoms with Gasteiger partial charge in [-0.3, -0.25) is 14.2 Å². The molecule has 0 aliphatic carbocycles. The summed E-state index contributed by atoms with van der Waals surface area (Å²) in [6.45, 7) is 8.67. The Labute approximate surface area is 197 Å². The van der Waals surface area contributed by atoms with Crippen LogP contribution in [0.3, 0.4) is 0 Å². The van der Waals surface area contributed by atoms with E-state index in [-0.39, 0.29) is 17.2 Å². The lowest BCUT2D eigenvalue weighted by Gasteiger charge is -2.12. The van der Waals surface area contributed by atoms with Crippen LogP contribution in [0.2, 0.25) is 0 Å². The Morgan fingerprint density at radius 3 is 2.45 bits per heavy atom. The van der Waals surface area contributed by atoms with E-state index in [0.29, 0.717) is 28.7 Å². The summed E-state index contributed by atoms with van der Waals surface area (Å²) in [7, 11) is 0. The second kappa shape index (κ2) is 9.67. The second-order valence-corrected chi connectivity index (χ2v) is 9.49. The maximum Gasteiger partial charge on any atom is 0.283 e. The number of thioether (sulfide) groups is 1. The summed E-state index contributed by atoms with van der Waals surface area (Å²) in [5.41, 5.74) is 5.92. The SMILES string of the molecule is Cc1ccc(-n2c(SCC(=O)NCc3ccc(C(C)C)cc3)nc3cc(C)[nH]c3c2=O)cc1. The van der Waals surface area contributed by atoms with Crippen molar-refractivity contribution in [1.29, 1.82) is 0 Å². The first kappa shape index (κ1) is 22.9. The number of nitrogens with one attached hydrogen (secondary N) is 2. The van der Waals surface area contributed by atoms with Crippen molar-refractivity contribution in [2.24, 2.45) is 0 Å². The average Bonchev–Trinajstić information content (AvgIpc) is 3.18. The predicted molar refractivity (Wildman–Crippen MR) is 134 cm³/mol. The van der Waals surface area contributed by atoms with Crippen LogP contribution in [0.5, 0.6) is 0 Å². The van der Waals surface area contributed by atoms with E-state index in [9.17, 15) is 9.59 Å². The van der Waals surface area contributed by atoms with E-state index in [2.05, 4.69) is 41.3 Å². The van der Waals surface area contributed by atoms with E-state index in [4.69, 9.17) is 0 Å². The van der Waals surface area contributed by atoms with Gasteiger partial charge in [0.05, 0.1) is 17.0 Å². The number of nitrogens with zero attached hydrogens (tertiary/aromatic N) is 2. The van der Waals surface area contributed by atoms with Crippen molar-refractivity contribution >= 4 is 28.7 Å². The minimum absolute atomic E-state index is 0.108. The highest BCUT2D eigenvalue weighted by Crippen LogP contribution is 2.22. The van der Waals surface area contributed by atoms with E-state index in [1.54, 1.807) is 4.57 Å². The van der Waals surface area contributed by atoms with Gasteiger partial charge in [0, 0.05) is 12.2 Å². The number of rotatable bonds is 7. The number of hydrogen-bond acceptors (Lipinski definition) is 4. The molecule has 7 heteroatoms. The number of fused-ring (bicyclic) bond motifs is 1. The standard InChI is InChI=1S/C26H28N4O2S/c1-16(2)20-9-7-19(8-10-20)14-27-23(31)15-33-26-29-22-13-18(4)28-24(22)25(32)30(26)21-11-5-17(3)6-12-21/h5-13,16,28H,14-15H2,1-4H3,(H,27,31). The zero-order chi connectivity index (χ0) is 23.5. The zero-order valence-corrected chi connectivity index (χ0v) is 20.1. The van der Waals surface area contributed by atoms with Crippen LogP contribution >= 0.6 is 11.8 Å². The minimum Gasteiger partial charge on any atom is -0.353 e. The number of aromatic nitrogens is 3. The average molecular weight is 461 g/mol. The van der Waals surface area contributed by atoms with Crippen molar-refractivity contribution in [3.63, 3.8) is 0 Å². The Hall–Kier alpha value is -3.32. The Morgan fingerprint density at radius 1 is 1.09 bits per heavy atom. The Kier molecular flexibility index (Phi) is 6.70. The van der Waals surface area contributed by atoms with E-state index in [0.717, 1.165) is 22.5 Å². The van der Waals surface area contributed by atoms with E-state index in [1.807, 2.05) is 56.3 Å². The first-order chi connectivity index (χ1) is 15.8. The van der Waals surface area contributed by atoms with E-state index in [1.165, 1.54) is 17.3 Å². The topological polar surface area (TPSA) is 79.8 Å². The van der Waals surface area contributed by atoms with Crippen molar-refractivity contribution in [2.45, 2.75) is 45.3 Å². The van der Waals surface area contributed by atoms with Crippen molar-refractivity contribution in [2.75, 3.05) is 5.75 Å². The monoisotopic (exact) mass is 460 g/mol. The molecule has 0 unspecified atom stereocenters. The van der Waals surface area contributed by atoms with Gasteiger partial charge in [0.15, 0.2) is 5.16 Å². The van der Waals surface area contributed by atoms with E-state index < -0.39 is 0 Å². The highest BCUT2D eigenvalue weighted by molar-refractivity contribution is 7.99. The summed E-state index contributed by atoms with van der Waals surface area (Å²) in [5, 5.41) is 3.45. The molecule has 2 N–H and O–H groups in total. The molecule has 4 rings (SSSR count). The van der Waals surface area contributed by atoms with Gasteiger partial charge < -0.3 is 10.3 Å². The fourth-order valence-electron chi connectivity index (χ4n) is 3.60. The van der Waals surface area contributed by atoms with Crippen molar-refractivity contribution in [3.05, 3.63) is 87.3 Å². The number of amides is 1. The summed E-state index contributed by atoms with van der Waals surface area (Å²) in [4.78, 5) is 33.6. The van der Waals surface area contributed by atoms with Crippen LogP contribution < -0.4 is 10.9 Å². The third-order valence-electron chi connectivity index (χ3n) is 5.52. The number of H-pyrrole nitrogens is 1. The summed E-state index contributed by atoms with van der Waals surface area (Å²) in [6.07, 6.45) is 0. The summed E-state index contributed by atoms with van der Waals surface area (Å²) >= 11 is 1.26. The minimum atomic E-state index is -0.176. The number of aryl methyl sites for hydroxylation is 2. The van der Waals surface area contributed by atoms with Crippen LogP contribution in [-0.2, 0) is 11.3 Å². The molecule has 0 spiro atoms. The molecule has 0 saturated heterocycles. The molecule has 33 heavy (non-hydrogen) atoms. The fourth-order valence-corrected chi connectivity index (χ4v) is 4.44. The highest BCUT2D eigenvalue weighted by Gasteiger charge is 2.16. The number of carbonyl (C=O) groups is 1. The smallest absolute Gasteiger partial charge is 0.283 e. The van der Waals surface area contributed by atoms with Crippen molar-refractivity contribution in [3.8, 4) is 5.69 Å². The molecule has 4 aromatic rings. The van der Waals surface area contributed by atoms with Crippen LogP contribution in [-0.4, -0.2) is 26.2 Å². The summed E-state index contributed by atoms with van der Waals surface area (Å²) in [6, 6.07) is 17.8. The number of carbonyl (C=O) groups excluding carboxylic acids is 1. The van der Waals surface area contributed by atoms with Gasteiger partial charge in [0.25, 0.3) is 5.56 Å². The molecule has 170 valence electrons. The van der Waals surface area contributed by atoms with Crippen LogP contribution in [0.25, 0.3) is 16.7 Å². The lowest BCUT2D eigenvalue weighted by molar-refractivity contribution is -0.118. The molecule has 0 fully saturated rings. The largest absolute Gasteiger partial charge is 0.353 e. The molecule has 1 amide bonds. The fraction of sp³-hybridized carbons (Fsp3) is 0.269. The lowest BCUT2D eigenvalue weighted by atomic mass is 10.0. The third kappa shape index (κ3) is 5.20. The Balaban J connectivity index is 1.52. The molecule has 0 aliphatic rings. The summed E-state index contributed by atoms with van der Waals surface area (Å²) in [5.74, 6) is 0.532. The molecule has 0 atom stereocenters. The predicted octanol–water partition coefficient (Wildman–Crippen LogP) is 4.86. The molecule has 0 saturated carbocycles. The first-order valence-corrected chi connectivity index (χ1v) is 12.0. The van der Waals surface area contributed by atoms with Crippen LogP contribution in [0, 0.1) is 13.8 Å². The van der Waals surface area contributed by atoms with Gasteiger partial charge in [0.2, 0.25) is 5.91 Å². The number of aromatic amines is 1. The number of hydrogen-bond donors (Lipinski definition) is 2. The molecular weight excluding hydrogens is 432 g/mol. The first-order valence-electron chi connectivity index (χ1n) is 11.0. The van der Waals surface area contributed by atoms with Crippen molar-refractivity contribution in [1.82, 2.24) is 19.9 Å². The van der Waals surface area contributed by atoms with Gasteiger partial charge in [-0.05, 0) is 49.1 Å². The number of benzene rings is 2. The van der Waals surface area contributed by atoms with Gasteiger partial charge in [-0.2, -0.15) is 0 Å². The molecule has 2 heterocycles. The maximum atomic E-state index is 13.3. The molecule has 0 aliphatic heterocycles. The molecule has 6 nitrogen and oxygen atoms in total. The third-order valence-corrected chi connectivity index (χ3v) is 6.46. The van der Waals surface area contributed by atoms with Gasteiger partial charge in [0.1, 0.15) is 5.52 Å². The van der Waals surface area contributed by atoms with Crippen LogP contribution in [0.15, 0.2) is 64.5 Å². The second-order valence-electron chi connectivity index (χ2n) is 8.54. The quantitative estimate of drug-likeness (QED) is 0.305. The maximum absolute atomic E-state index is 13.3. The van der Waals surface area contributed by atoms with Gasteiger partial charge in [-0.1, -0.05) is 67.6 Å². The zero-order valence-electron chi connectivity index (χ0n) is 19.3. The van der Waals surface area contributed by atoms with Gasteiger partial charge >= 0.3 is 0 Å². The highest BCUT2D eigenvalue weighted by atomic mass is 32.2. The molecule has 0 bridgehead atoms. The van der Waals surface area contributed by atoms with Gasteiger partial charge in [-0.15, -0.1) is 0 Å². The normalized spacial score (nSPS) is 11.3.